The molecule has 1 saturated heterocycles. The minimum absolute atomic E-state index is 0.0787. The molecule has 17 heavy (non-hydrogen) atoms. The van der Waals surface area contributed by atoms with Gasteiger partial charge in [0.05, 0.1) is 7.11 Å². The van der Waals surface area contributed by atoms with Crippen LogP contribution in [0, 0.1) is 5.92 Å². The van der Waals surface area contributed by atoms with E-state index in [0.29, 0.717) is 12.0 Å². The summed E-state index contributed by atoms with van der Waals surface area (Å²) >= 11 is 0. The van der Waals surface area contributed by atoms with Crippen molar-refractivity contribution in [1.82, 2.24) is 10.2 Å². The highest BCUT2D eigenvalue weighted by Crippen LogP contribution is 2.33. The molecule has 98 valence electrons. The molecule has 2 atom stereocenters. The van der Waals surface area contributed by atoms with Crippen molar-refractivity contribution in [3.05, 3.63) is 0 Å². The van der Waals surface area contributed by atoms with Gasteiger partial charge >= 0.3 is 5.97 Å². The lowest BCUT2D eigenvalue weighted by atomic mass is 10.1. The highest BCUT2D eigenvalue weighted by Gasteiger charge is 2.37. The molecule has 0 aromatic carbocycles. The molecule has 1 aliphatic carbocycles. The van der Waals surface area contributed by atoms with Crippen molar-refractivity contribution in [2.75, 3.05) is 26.7 Å². The maximum absolute atomic E-state index is 11.6. The Hall–Kier alpha value is -0.610. The van der Waals surface area contributed by atoms with Crippen molar-refractivity contribution < 1.29 is 9.53 Å². The van der Waals surface area contributed by atoms with Crippen molar-refractivity contribution in [2.45, 2.75) is 44.7 Å². The fourth-order valence-corrected chi connectivity index (χ4v) is 2.61. The number of hydrogen-bond donors (Lipinski definition) is 1. The number of methoxy groups -OCH3 is 1. The smallest absolute Gasteiger partial charge is 0.323 e. The molecule has 1 heterocycles. The summed E-state index contributed by atoms with van der Waals surface area (Å²) in [7, 11) is 1.48. The van der Waals surface area contributed by atoms with Crippen molar-refractivity contribution in [3.8, 4) is 0 Å². The molecule has 4 nitrogen and oxygen atoms in total. The van der Waals surface area contributed by atoms with Crippen LogP contribution in [-0.4, -0.2) is 49.7 Å². The summed E-state index contributed by atoms with van der Waals surface area (Å²) in [6, 6.07) is 0.438. The van der Waals surface area contributed by atoms with E-state index in [-0.39, 0.29) is 12.0 Å². The third-order valence-electron chi connectivity index (χ3n) is 3.95. The van der Waals surface area contributed by atoms with E-state index in [1.54, 1.807) is 0 Å². The van der Waals surface area contributed by atoms with Crippen molar-refractivity contribution >= 4 is 5.97 Å². The molecule has 0 bridgehead atoms. The number of esters is 1. The maximum Gasteiger partial charge on any atom is 0.323 e. The first-order valence-corrected chi connectivity index (χ1v) is 6.77. The molecule has 2 aliphatic rings. The van der Waals surface area contributed by atoms with E-state index < -0.39 is 0 Å². The first-order valence-electron chi connectivity index (χ1n) is 6.77. The van der Waals surface area contributed by atoms with Crippen molar-refractivity contribution in [3.63, 3.8) is 0 Å². The Morgan fingerprint density at radius 2 is 2.06 bits per heavy atom. The summed E-state index contributed by atoms with van der Waals surface area (Å²) in [4.78, 5) is 14.1. The van der Waals surface area contributed by atoms with E-state index in [2.05, 4.69) is 17.1 Å². The molecule has 2 rings (SSSR count). The number of hydrogen-bond acceptors (Lipinski definition) is 4. The first kappa shape index (κ1) is 12.8. The van der Waals surface area contributed by atoms with Crippen molar-refractivity contribution in [2.24, 2.45) is 5.92 Å². The van der Waals surface area contributed by atoms with Crippen LogP contribution in [0.2, 0.25) is 0 Å². The number of carbonyl (C=O) groups is 1. The van der Waals surface area contributed by atoms with E-state index >= 15 is 0 Å². The lowest BCUT2D eigenvalue weighted by Crippen LogP contribution is -2.46. The molecular weight excluding hydrogens is 216 g/mol. The van der Waals surface area contributed by atoms with Crippen molar-refractivity contribution in [1.29, 1.82) is 0 Å². The topological polar surface area (TPSA) is 41.6 Å². The predicted octanol–water partition coefficient (Wildman–Crippen LogP) is 1.01. The van der Waals surface area contributed by atoms with Gasteiger partial charge < -0.3 is 10.1 Å². The monoisotopic (exact) mass is 240 g/mol. The van der Waals surface area contributed by atoms with Gasteiger partial charge in [-0.15, -0.1) is 0 Å². The minimum atomic E-state index is -0.0962. The molecule has 0 aromatic heterocycles. The molecule has 0 amide bonds. The van der Waals surface area contributed by atoms with E-state index in [1.807, 2.05) is 0 Å². The van der Waals surface area contributed by atoms with Crippen LogP contribution >= 0.6 is 0 Å². The number of nitrogens with zero attached hydrogens (tertiary/aromatic N) is 1. The SMILES string of the molecule is COC(=O)C(NCC(C)N1CCCC1)C1CC1. The Balaban J connectivity index is 1.76. The van der Waals surface area contributed by atoms with Gasteiger partial charge in [-0.3, -0.25) is 9.69 Å². The van der Waals surface area contributed by atoms with Crippen LogP contribution in [0.4, 0.5) is 0 Å². The normalized spacial score (nSPS) is 24.6. The molecule has 0 spiro atoms. The van der Waals surface area contributed by atoms with Gasteiger partial charge in [0.2, 0.25) is 0 Å². The Kier molecular flexibility index (Phi) is 4.40. The lowest BCUT2D eigenvalue weighted by Gasteiger charge is -2.26. The summed E-state index contributed by atoms with van der Waals surface area (Å²) in [5.41, 5.74) is 0. The zero-order valence-electron chi connectivity index (χ0n) is 10.9. The number of carbonyl (C=O) groups excluding carboxylic acids is 1. The van der Waals surface area contributed by atoms with Crippen LogP contribution < -0.4 is 5.32 Å². The molecular formula is C13H24N2O2. The number of likely N-dealkylation sites (tertiary alicyclic amines) is 1. The fraction of sp³-hybridized carbons (Fsp3) is 0.923. The van der Waals surface area contributed by atoms with Crippen LogP contribution in [0.25, 0.3) is 0 Å². The van der Waals surface area contributed by atoms with Crippen LogP contribution in [0.5, 0.6) is 0 Å². The van der Waals surface area contributed by atoms with E-state index in [4.69, 9.17) is 4.74 Å². The molecule has 4 heteroatoms. The zero-order chi connectivity index (χ0) is 12.3. The summed E-state index contributed by atoms with van der Waals surface area (Å²) in [5, 5.41) is 3.39. The number of ether oxygens (including phenoxy) is 1. The molecule has 1 saturated carbocycles. The van der Waals surface area contributed by atoms with Gasteiger partial charge in [0.25, 0.3) is 0 Å². The van der Waals surface area contributed by atoms with E-state index in [9.17, 15) is 4.79 Å². The molecule has 2 fully saturated rings. The quantitative estimate of drug-likeness (QED) is 0.704. The van der Waals surface area contributed by atoms with Gasteiger partial charge in [-0.1, -0.05) is 0 Å². The van der Waals surface area contributed by atoms with Gasteiger partial charge in [-0.2, -0.15) is 0 Å². The summed E-state index contributed by atoms with van der Waals surface area (Å²) in [6.45, 7) is 5.53. The van der Waals surface area contributed by atoms with Gasteiger partial charge in [0, 0.05) is 12.6 Å². The molecule has 1 aliphatic heterocycles. The Morgan fingerprint density at radius 3 is 2.59 bits per heavy atom. The Bertz CT molecular complexity index is 260. The Labute approximate surface area is 104 Å². The summed E-state index contributed by atoms with van der Waals surface area (Å²) in [5.74, 6) is 0.411. The molecule has 2 unspecified atom stereocenters. The third-order valence-corrected chi connectivity index (χ3v) is 3.95. The van der Waals surface area contributed by atoms with E-state index in [0.717, 1.165) is 19.4 Å². The molecule has 0 radical (unpaired) electrons. The molecule has 1 N–H and O–H groups in total. The minimum Gasteiger partial charge on any atom is -0.468 e. The highest BCUT2D eigenvalue weighted by molar-refractivity contribution is 5.76. The highest BCUT2D eigenvalue weighted by atomic mass is 16.5. The maximum atomic E-state index is 11.6. The second-order valence-electron chi connectivity index (χ2n) is 5.34. The number of rotatable bonds is 6. The summed E-state index contributed by atoms with van der Waals surface area (Å²) < 4.78 is 4.86. The van der Waals surface area contributed by atoms with Crippen LogP contribution in [-0.2, 0) is 9.53 Å². The predicted molar refractivity (Wildman–Crippen MR) is 66.8 cm³/mol. The average molecular weight is 240 g/mol. The van der Waals surface area contributed by atoms with Gasteiger partial charge in [-0.05, 0) is 51.6 Å². The van der Waals surface area contributed by atoms with Gasteiger partial charge in [0.1, 0.15) is 6.04 Å². The van der Waals surface area contributed by atoms with Gasteiger partial charge in [-0.25, -0.2) is 0 Å². The second kappa shape index (κ2) is 5.83. The van der Waals surface area contributed by atoms with Crippen LogP contribution in [0.15, 0.2) is 0 Å². The second-order valence-corrected chi connectivity index (χ2v) is 5.34. The first-order chi connectivity index (χ1) is 8.22. The summed E-state index contributed by atoms with van der Waals surface area (Å²) in [6.07, 6.45) is 4.94. The van der Waals surface area contributed by atoms with Crippen LogP contribution in [0.1, 0.15) is 32.6 Å². The number of nitrogens with one attached hydrogen (secondary N) is 1. The molecule has 0 aromatic rings. The standard InChI is InChI=1S/C13H24N2O2/c1-10(15-7-3-4-8-15)9-14-12(11-5-6-11)13(16)17-2/h10-12,14H,3-9H2,1-2H3. The van der Waals surface area contributed by atoms with Crippen LogP contribution in [0.3, 0.4) is 0 Å². The van der Waals surface area contributed by atoms with Gasteiger partial charge in [0.15, 0.2) is 0 Å². The largest absolute Gasteiger partial charge is 0.468 e. The fourth-order valence-electron chi connectivity index (χ4n) is 2.61. The lowest BCUT2D eigenvalue weighted by molar-refractivity contribution is -0.143. The Morgan fingerprint density at radius 1 is 1.41 bits per heavy atom. The third kappa shape index (κ3) is 3.42. The zero-order valence-corrected chi connectivity index (χ0v) is 10.9. The van der Waals surface area contributed by atoms with E-state index in [1.165, 1.54) is 33.0 Å². The average Bonchev–Trinajstić information content (AvgIpc) is 3.02.